The lowest BCUT2D eigenvalue weighted by molar-refractivity contribution is 0.394. The number of allylic oxidation sites excluding steroid dienone is 1. The molecule has 1 heteroatoms. The van der Waals surface area contributed by atoms with E-state index in [1.54, 1.807) is 0 Å². The van der Waals surface area contributed by atoms with E-state index in [2.05, 4.69) is 27.7 Å². The quantitative estimate of drug-likeness (QED) is 0.387. The molecule has 1 nitrogen and oxygen atoms in total. The van der Waals surface area contributed by atoms with Gasteiger partial charge in [-0.25, -0.2) is 0 Å². The highest BCUT2D eigenvalue weighted by Crippen LogP contribution is 2.29. The Labute approximate surface area is 56.7 Å². The maximum Gasteiger partial charge on any atom is 0.105 e. The summed E-state index contributed by atoms with van der Waals surface area (Å²) >= 11 is 0. The van der Waals surface area contributed by atoms with Gasteiger partial charge in [0.15, 0.2) is 0 Å². The molecule has 1 rings (SSSR count). The van der Waals surface area contributed by atoms with Crippen LogP contribution in [0.1, 0.15) is 27.7 Å². The van der Waals surface area contributed by atoms with Gasteiger partial charge in [0.1, 0.15) is 6.10 Å². The summed E-state index contributed by atoms with van der Waals surface area (Å²) in [4.78, 5) is 0. The first-order chi connectivity index (χ1) is 4.13. The van der Waals surface area contributed by atoms with Crippen molar-refractivity contribution in [3.63, 3.8) is 0 Å². The Morgan fingerprint density at radius 1 is 1.22 bits per heavy atom. The second-order valence-electron chi connectivity index (χ2n) is 2.94. The minimum atomic E-state index is 0.440. The Kier molecular flexibility index (Phi) is 1.62. The van der Waals surface area contributed by atoms with Crippen LogP contribution in [0.15, 0.2) is 11.1 Å². The van der Waals surface area contributed by atoms with Crippen molar-refractivity contribution in [3.05, 3.63) is 11.1 Å². The molecule has 0 aromatic carbocycles. The van der Waals surface area contributed by atoms with Crippen LogP contribution in [0.2, 0.25) is 0 Å². The van der Waals surface area contributed by atoms with Crippen molar-refractivity contribution < 1.29 is 4.74 Å². The highest BCUT2D eigenvalue weighted by atomic mass is 16.6. The average molecular weight is 126 g/mol. The van der Waals surface area contributed by atoms with Gasteiger partial charge in [0.25, 0.3) is 0 Å². The highest BCUT2D eigenvalue weighted by molar-refractivity contribution is 5.18. The van der Waals surface area contributed by atoms with Gasteiger partial charge < -0.3 is 4.74 Å². The number of epoxide rings is 1. The largest absolute Gasteiger partial charge is 0.365 e. The number of ether oxygens (including phenoxy) is 1. The van der Waals surface area contributed by atoms with Gasteiger partial charge in [-0.2, -0.15) is 0 Å². The summed E-state index contributed by atoms with van der Waals surface area (Å²) in [7, 11) is 0. The minimum absolute atomic E-state index is 0.440. The Morgan fingerprint density at radius 2 is 1.67 bits per heavy atom. The average Bonchev–Trinajstić information content (AvgIpc) is 2.44. The van der Waals surface area contributed by atoms with Crippen LogP contribution in [-0.2, 0) is 4.74 Å². The van der Waals surface area contributed by atoms with Crippen LogP contribution in [0.3, 0.4) is 0 Å². The first kappa shape index (κ1) is 6.81. The molecule has 1 aliphatic rings. The zero-order valence-corrected chi connectivity index (χ0v) is 6.56. The molecule has 0 bridgehead atoms. The van der Waals surface area contributed by atoms with E-state index in [4.69, 9.17) is 4.74 Å². The molecule has 52 valence electrons. The molecule has 0 saturated carbocycles. The van der Waals surface area contributed by atoms with Gasteiger partial charge >= 0.3 is 0 Å². The Morgan fingerprint density at radius 3 is 1.78 bits per heavy atom. The third-order valence-corrected chi connectivity index (χ3v) is 1.93. The fourth-order valence-corrected chi connectivity index (χ4v) is 0.925. The fraction of sp³-hybridized carbons (Fsp3) is 0.750. The fourth-order valence-electron chi connectivity index (χ4n) is 0.925. The molecule has 1 saturated heterocycles. The maximum atomic E-state index is 5.28. The lowest BCUT2D eigenvalue weighted by Crippen LogP contribution is -1.92. The van der Waals surface area contributed by atoms with Crippen LogP contribution in [-0.4, -0.2) is 12.2 Å². The van der Waals surface area contributed by atoms with Crippen molar-refractivity contribution in [2.75, 3.05) is 0 Å². The summed E-state index contributed by atoms with van der Waals surface area (Å²) in [5, 5.41) is 0. The second-order valence-corrected chi connectivity index (χ2v) is 2.94. The number of hydrogen-bond acceptors (Lipinski definition) is 1. The third kappa shape index (κ3) is 1.33. The molecule has 0 spiro atoms. The highest BCUT2D eigenvalue weighted by Gasteiger charge is 2.35. The Balaban J connectivity index is 2.54. The van der Waals surface area contributed by atoms with E-state index >= 15 is 0 Å². The van der Waals surface area contributed by atoms with Crippen LogP contribution in [0.5, 0.6) is 0 Å². The van der Waals surface area contributed by atoms with Crippen molar-refractivity contribution in [1.29, 1.82) is 0 Å². The van der Waals surface area contributed by atoms with Crippen LogP contribution >= 0.6 is 0 Å². The lowest BCUT2D eigenvalue weighted by Gasteiger charge is -1.95. The second kappa shape index (κ2) is 2.14. The molecule has 0 amide bonds. The molecule has 0 aromatic rings. The van der Waals surface area contributed by atoms with Gasteiger partial charge in [0, 0.05) is 0 Å². The van der Waals surface area contributed by atoms with Gasteiger partial charge in [-0.3, -0.25) is 0 Å². The standard InChI is InChI=1S/C8H14O/c1-5(2)6(3)8-7(4)9-8/h7-8H,1-4H3. The molecular weight excluding hydrogens is 112 g/mol. The zero-order chi connectivity index (χ0) is 7.02. The summed E-state index contributed by atoms with van der Waals surface area (Å²) in [6, 6.07) is 0. The normalized spacial score (nSPS) is 32.0. The van der Waals surface area contributed by atoms with Gasteiger partial charge in [-0.1, -0.05) is 5.57 Å². The van der Waals surface area contributed by atoms with Crippen LogP contribution in [0.4, 0.5) is 0 Å². The van der Waals surface area contributed by atoms with Crippen LogP contribution in [0, 0.1) is 0 Å². The van der Waals surface area contributed by atoms with E-state index in [-0.39, 0.29) is 0 Å². The first-order valence-corrected chi connectivity index (χ1v) is 3.42. The van der Waals surface area contributed by atoms with E-state index in [1.807, 2.05) is 0 Å². The summed E-state index contributed by atoms with van der Waals surface area (Å²) in [5.74, 6) is 0. The molecule has 1 heterocycles. The molecule has 0 aliphatic carbocycles. The zero-order valence-electron chi connectivity index (χ0n) is 6.56. The van der Waals surface area contributed by atoms with E-state index < -0.39 is 0 Å². The van der Waals surface area contributed by atoms with E-state index in [9.17, 15) is 0 Å². The topological polar surface area (TPSA) is 12.5 Å². The predicted molar refractivity (Wildman–Crippen MR) is 38.4 cm³/mol. The lowest BCUT2D eigenvalue weighted by atomic mass is 10.1. The van der Waals surface area contributed by atoms with E-state index in [0.29, 0.717) is 12.2 Å². The van der Waals surface area contributed by atoms with Crippen LogP contribution in [0.25, 0.3) is 0 Å². The van der Waals surface area contributed by atoms with Crippen LogP contribution < -0.4 is 0 Å². The molecule has 1 fully saturated rings. The number of hydrogen-bond donors (Lipinski definition) is 0. The van der Waals surface area contributed by atoms with E-state index in [0.717, 1.165) is 0 Å². The third-order valence-electron chi connectivity index (χ3n) is 1.93. The SMILES string of the molecule is CC(C)=C(C)C1OC1C. The van der Waals surface area contributed by atoms with Gasteiger partial charge in [0.05, 0.1) is 6.10 Å². The number of rotatable bonds is 1. The monoisotopic (exact) mass is 126 g/mol. The molecular formula is C8H14O. The Hall–Kier alpha value is -0.300. The smallest absolute Gasteiger partial charge is 0.105 e. The molecule has 0 N–H and O–H groups in total. The predicted octanol–water partition coefficient (Wildman–Crippen LogP) is 2.13. The van der Waals surface area contributed by atoms with Crippen molar-refractivity contribution >= 4 is 0 Å². The van der Waals surface area contributed by atoms with Crippen molar-refractivity contribution in [1.82, 2.24) is 0 Å². The first-order valence-electron chi connectivity index (χ1n) is 3.42. The summed E-state index contributed by atoms with van der Waals surface area (Å²) in [6.07, 6.45) is 0.912. The molecule has 2 atom stereocenters. The van der Waals surface area contributed by atoms with Gasteiger partial charge in [0.2, 0.25) is 0 Å². The van der Waals surface area contributed by atoms with Crippen molar-refractivity contribution in [3.8, 4) is 0 Å². The summed E-state index contributed by atoms with van der Waals surface area (Å²) in [5.41, 5.74) is 2.80. The molecule has 9 heavy (non-hydrogen) atoms. The molecule has 0 radical (unpaired) electrons. The summed E-state index contributed by atoms with van der Waals surface area (Å²) < 4.78 is 5.28. The molecule has 1 aliphatic heterocycles. The van der Waals surface area contributed by atoms with Gasteiger partial charge in [-0.05, 0) is 33.3 Å². The van der Waals surface area contributed by atoms with E-state index in [1.165, 1.54) is 11.1 Å². The molecule has 2 unspecified atom stereocenters. The summed E-state index contributed by atoms with van der Waals surface area (Å²) in [6.45, 7) is 8.51. The Bertz CT molecular complexity index is 143. The van der Waals surface area contributed by atoms with Crippen molar-refractivity contribution in [2.24, 2.45) is 0 Å². The van der Waals surface area contributed by atoms with Crippen molar-refractivity contribution in [2.45, 2.75) is 39.9 Å². The van der Waals surface area contributed by atoms with Gasteiger partial charge in [-0.15, -0.1) is 0 Å². The maximum absolute atomic E-state index is 5.28. The minimum Gasteiger partial charge on any atom is -0.365 e. The molecule has 0 aromatic heterocycles.